The van der Waals surface area contributed by atoms with Gasteiger partial charge in [0.1, 0.15) is 0 Å². The first kappa shape index (κ1) is 7.88. The molecule has 0 spiro atoms. The van der Waals surface area contributed by atoms with Crippen LogP contribution in [0.25, 0.3) is 0 Å². The molecule has 0 fully saturated rings. The van der Waals surface area contributed by atoms with Gasteiger partial charge in [-0.25, -0.2) is 5.11 Å². The predicted octanol–water partition coefficient (Wildman–Crippen LogP) is 0.162. The average Bonchev–Trinajstić information content (AvgIpc) is 1.68. The van der Waals surface area contributed by atoms with E-state index in [2.05, 4.69) is 4.74 Å². The minimum Gasteiger partial charge on any atom is -0.368 e. The van der Waals surface area contributed by atoms with Crippen LogP contribution in [0.3, 0.4) is 0 Å². The first-order valence-electron chi connectivity index (χ1n) is 2.69. The molecule has 0 aromatic rings. The molecule has 3 nitrogen and oxygen atoms in total. The fourth-order valence-electron chi connectivity index (χ4n) is 0.377. The van der Waals surface area contributed by atoms with Gasteiger partial charge in [0.05, 0.1) is 6.61 Å². The van der Waals surface area contributed by atoms with Crippen molar-refractivity contribution >= 4 is 0 Å². The molecule has 0 heterocycles. The Labute approximate surface area is 48.9 Å². The van der Waals surface area contributed by atoms with E-state index in [1.807, 2.05) is 0 Å². The minimum absolute atomic E-state index is 0.188. The number of aliphatic hydroxyl groups excluding tert-OH is 1. The number of ether oxygens (including phenoxy) is 1. The van der Waals surface area contributed by atoms with Gasteiger partial charge in [-0.3, -0.25) is 0 Å². The molecule has 0 rings (SSSR count). The highest BCUT2D eigenvalue weighted by atomic mass is 16.6. The van der Waals surface area contributed by atoms with Crippen LogP contribution in [0.15, 0.2) is 0 Å². The minimum atomic E-state index is -0.850. The molecule has 1 unspecified atom stereocenters. The van der Waals surface area contributed by atoms with Crippen molar-refractivity contribution < 1.29 is 14.9 Å². The van der Waals surface area contributed by atoms with Gasteiger partial charge in [-0.1, -0.05) is 0 Å². The molecule has 0 saturated heterocycles. The van der Waals surface area contributed by atoms with E-state index in [1.54, 1.807) is 6.92 Å². The Morgan fingerprint density at radius 2 is 2.38 bits per heavy atom. The van der Waals surface area contributed by atoms with E-state index in [9.17, 15) is 5.11 Å². The Morgan fingerprint density at radius 3 is 2.75 bits per heavy atom. The molecular formula is C5H11O3. The van der Waals surface area contributed by atoms with Gasteiger partial charge in [-0.05, 0) is 6.92 Å². The van der Waals surface area contributed by atoms with E-state index in [-0.39, 0.29) is 13.0 Å². The quantitative estimate of drug-likeness (QED) is 0.536. The Hall–Kier alpha value is -0.120. The Balaban J connectivity index is 2.92. The largest absolute Gasteiger partial charge is 0.368 e. The third-order valence-electron chi connectivity index (χ3n) is 0.724. The number of hydrogen-bond acceptors (Lipinski definition) is 2. The highest BCUT2D eigenvalue weighted by Gasteiger charge is 1.99. The van der Waals surface area contributed by atoms with Crippen LogP contribution in [0, 0.1) is 0 Å². The molecule has 0 bridgehead atoms. The average molecular weight is 119 g/mol. The Morgan fingerprint density at radius 1 is 1.75 bits per heavy atom. The van der Waals surface area contributed by atoms with Crippen LogP contribution in [0.4, 0.5) is 0 Å². The molecule has 0 aliphatic carbocycles. The third-order valence-corrected chi connectivity index (χ3v) is 0.724. The van der Waals surface area contributed by atoms with Crippen molar-refractivity contribution in [2.24, 2.45) is 0 Å². The van der Waals surface area contributed by atoms with Gasteiger partial charge in [0.2, 0.25) is 0 Å². The van der Waals surface area contributed by atoms with Crippen LogP contribution in [0.2, 0.25) is 0 Å². The molecule has 49 valence electrons. The summed E-state index contributed by atoms with van der Waals surface area (Å²) in [5, 5.41) is 18.4. The molecule has 0 aromatic heterocycles. The van der Waals surface area contributed by atoms with Crippen LogP contribution in [-0.4, -0.2) is 24.6 Å². The van der Waals surface area contributed by atoms with Gasteiger partial charge in [-0.2, -0.15) is 0 Å². The number of hydrogen-bond donors (Lipinski definition) is 1. The molecular weight excluding hydrogens is 108 g/mol. The lowest BCUT2D eigenvalue weighted by Gasteiger charge is -2.05. The smallest absolute Gasteiger partial charge is 0.156 e. The van der Waals surface area contributed by atoms with Crippen LogP contribution in [0.1, 0.15) is 13.3 Å². The van der Waals surface area contributed by atoms with Crippen molar-refractivity contribution in [3.8, 4) is 0 Å². The monoisotopic (exact) mass is 119 g/mol. The summed E-state index contributed by atoms with van der Waals surface area (Å²) in [6.07, 6.45) is -0.661. The summed E-state index contributed by atoms with van der Waals surface area (Å²) in [5.74, 6) is 0. The van der Waals surface area contributed by atoms with Gasteiger partial charge in [0.15, 0.2) is 6.29 Å². The van der Waals surface area contributed by atoms with Gasteiger partial charge in [-0.15, -0.1) is 0 Å². The summed E-state index contributed by atoms with van der Waals surface area (Å²) in [6, 6.07) is 0. The lowest BCUT2D eigenvalue weighted by molar-refractivity contribution is -0.108. The predicted molar refractivity (Wildman–Crippen MR) is 27.8 cm³/mol. The van der Waals surface area contributed by atoms with Crippen LogP contribution >= 0.6 is 0 Å². The van der Waals surface area contributed by atoms with Gasteiger partial charge < -0.3 is 9.84 Å². The van der Waals surface area contributed by atoms with E-state index < -0.39 is 6.29 Å². The first-order valence-corrected chi connectivity index (χ1v) is 2.69. The molecule has 0 amide bonds. The SMILES string of the molecule is CCOC(O)CC[O]. The normalized spacial score (nSPS) is 13.9. The summed E-state index contributed by atoms with van der Waals surface area (Å²) in [4.78, 5) is 0. The Bertz CT molecular complexity index is 40.9. The van der Waals surface area contributed by atoms with Crippen molar-refractivity contribution in [1.82, 2.24) is 0 Å². The lowest BCUT2D eigenvalue weighted by Crippen LogP contribution is -2.12. The third kappa shape index (κ3) is 4.05. The van der Waals surface area contributed by atoms with Crippen LogP contribution in [0.5, 0.6) is 0 Å². The summed E-state index contributed by atoms with van der Waals surface area (Å²) in [6.45, 7) is 1.95. The zero-order chi connectivity index (χ0) is 6.41. The molecule has 1 atom stereocenters. The van der Waals surface area contributed by atoms with Crippen molar-refractivity contribution in [3.05, 3.63) is 0 Å². The molecule has 8 heavy (non-hydrogen) atoms. The molecule has 0 aliphatic heterocycles. The highest BCUT2D eigenvalue weighted by Crippen LogP contribution is 1.90. The number of aliphatic hydroxyl groups is 1. The van der Waals surface area contributed by atoms with E-state index >= 15 is 0 Å². The fourth-order valence-corrected chi connectivity index (χ4v) is 0.377. The fraction of sp³-hybridized carbons (Fsp3) is 1.00. The van der Waals surface area contributed by atoms with E-state index in [0.717, 1.165) is 0 Å². The Kier molecular flexibility index (Phi) is 4.95. The topological polar surface area (TPSA) is 49.4 Å². The first-order chi connectivity index (χ1) is 3.81. The zero-order valence-corrected chi connectivity index (χ0v) is 4.96. The lowest BCUT2D eigenvalue weighted by atomic mass is 10.4. The molecule has 0 saturated carbocycles. The molecule has 0 aliphatic rings. The maximum atomic E-state index is 9.78. The molecule has 0 aromatic carbocycles. The maximum Gasteiger partial charge on any atom is 0.156 e. The van der Waals surface area contributed by atoms with Crippen LogP contribution < -0.4 is 0 Å². The summed E-state index contributed by atoms with van der Waals surface area (Å²) in [5.41, 5.74) is 0. The van der Waals surface area contributed by atoms with Gasteiger partial charge in [0.25, 0.3) is 0 Å². The highest BCUT2D eigenvalue weighted by molar-refractivity contribution is 4.36. The maximum absolute atomic E-state index is 9.78. The summed E-state index contributed by atoms with van der Waals surface area (Å²) >= 11 is 0. The van der Waals surface area contributed by atoms with Crippen molar-refractivity contribution in [2.45, 2.75) is 19.6 Å². The van der Waals surface area contributed by atoms with Gasteiger partial charge in [0, 0.05) is 13.0 Å². The van der Waals surface area contributed by atoms with E-state index in [1.165, 1.54) is 0 Å². The van der Waals surface area contributed by atoms with Crippen LogP contribution in [-0.2, 0) is 9.84 Å². The van der Waals surface area contributed by atoms with Crippen molar-refractivity contribution in [3.63, 3.8) is 0 Å². The van der Waals surface area contributed by atoms with E-state index in [4.69, 9.17) is 5.11 Å². The van der Waals surface area contributed by atoms with Gasteiger partial charge >= 0.3 is 0 Å². The molecule has 3 heteroatoms. The standard InChI is InChI=1S/C5H11O3/c1-2-8-5(7)3-4-6/h5,7H,2-4H2,1H3. The van der Waals surface area contributed by atoms with Crippen molar-refractivity contribution in [2.75, 3.05) is 13.2 Å². The van der Waals surface area contributed by atoms with Crippen molar-refractivity contribution in [1.29, 1.82) is 0 Å². The second-order valence-corrected chi connectivity index (χ2v) is 1.40. The second-order valence-electron chi connectivity index (χ2n) is 1.40. The zero-order valence-electron chi connectivity index (χ0n) is 4.96. The summed E-state index contributed by atoms with van der Waals surface area (Å²) in [7, 11) is 0. The second kappa shape index (κ2) is 5.03. The van der Waals surface area contributed by atoms with E-state index in [0.29, 0.717) is 6.61 Å². The summed E-state index contributed by atoms with van der Waals surface area (Å²) < 4.78 is 4.64. The molecule has 1 radical (unpaired) electrons. The number of rotatable bonds is 4. The molecule has 1 N–H and O–H groups in total.